The number of benzene rings is 2. The van der Waals surface area contributed by atoms with Crippen molar-refractivity contribution in [2.75, 3.05) is 18.5 Å². The summed E-state index contributed by atoms with van der Waals surface area (Å²) in [6.07, 6.45) is 0. The van der Waals surface area contributed by atoms with Crippen LogP contribution in [0, 0.1) is 13.8 Å². The number of nitrogens with zero attached hydrogens (tertiary/aromatic N) is 1. The van der Waals surface area contributed by atoms with Crippen molar-refractivity contribution in [1.82, 2.24) is 4.57 Å². The highest BCUT2D eigenvalue weighted by Gasteiger charge is 2.18. The quantitative estimate of drug-likeness (QED) is 0.550. The van der Waals surface area contributed by atoms with Crippen molar-refractivity contribution < 1.29 is 19.1 Å². The minimum atomic E-state index is -0.198. The Morgan fingerprint density at radius 2 is 1.70 bits per heavy atom. The Bertz CT molecular complexity index is 1050. The van der Waals surface area contributed by atoms with Gasteiger partial charge in [-0.1, -0.05) is 12.1 Å². The van der Waals surface area contributed by atoms with Gasteiger partial charge in [0.1, 0.15) is 11.5 Å². The number of ether oxygens (including phenoxy) is 2. The number of carbonyl (C=O) groups excluding carboxylic acids is 2. The van der Waals surface area contributed by atoms with E-state index in [1.165, 1.54) is 6.92 Å². The van der Waals surface area contributed by atoms with E-state index >= 15 is 0 Å². The zero-order chi connectivity index (χ0) is 21.7. The molecule has 1 N–H and O–H groups in total. The number of aryl methyl sites for hydroxylation is 1. The molecule has 0 spiro atoms. The Kier molecular flexibility index (Phi) is 6.57. The molecule has 2 aromatic carbocycles. The Labute approximate surface area is 176 Å². The van der Waals surface area contributed by atoms with E-state index in [-0.39, 0.29) is 18.3 Å². The lowest BCUT2D eigenvalue weighted by atomic mass is 10.1. The van der Waals surface area contributed by atoms with E-state index < -0.39 is 0 Å². The van der Waals surface area contributed by atoms with Crippen LogP contribution >= 0.6 is 0 Å². The zero-order valence-electron chi connectivity index (χ0n) is 17.7. The van der Waals surface area contributed by atoms with Gasteiger partial charge in [0.15, 0.2) is 6.61 Å². The molecule has 0 fully saturated rings. The van der Waals surface area contributed by atoms with Crippen LogP contribution in [0.3, 0.4) is 0 Å². The topological polar surface area (TPSA) is 69.6 Å². The molecule has 0 aliphatic heterocycles. The smallest absolute Gasteiger partial charge is 0.221 e. The highest BCUT2D eigenvalue weighted by atomic mass is 16.5. The summed E-state index contributed by atoms with van der Waals surface area (Å²) in [5.41, 5.74) is 3.92. The second-order valence-corrected chi connectivity index (χ2v) is 6.94. The van der Waals surface area contributed by atoms with E-state index in [9.17, 15) is 9.59 Å². The molecule has 6 nitrogen and oxygen atoms in total. The number of hydrogen-bond donors (Lipinski definition) is 1. The highest BCUT2D eigenvalue weighted by molar-refractivity contribution is 5.99. The fourth-order valence-corrected chi connectivity index (χ4v) is 3.41. The lowest BCUT2D eigenvalue weighted by Crippen LogP contribution is -2.14. The van der Waals surface area contributed by atoms with Gasteiger partial charge in [0.25, 0.3) is 0 Å². The second-order valence-electron chi connectivity index (χ2n) is 6.94. The van der Waals surface area contributed by atoms with Crippen LogP contribution in [0.4, 0.5) is 5.69 Å². The summed E-state index contributed by atoms with van der Waals surface area (Å²) in [4.78, 5) is 24.2. The summed E-state index contributed by atoms with van der Waals surface area (Å²) in [5, 5.41) is 2.71. The lowest BCUT2D eigenvalue weighted by molar-refractivity contribution is -0.114. The normalized spacial score (nSPS) is 10.5. The van der Waals surface area contributed by atoms with Gasteiger partial charge in [0.05, 0.1) is 12.3 Å². The SMILES string of the molecule is CCOc1ccc(-n2c(C)cc(C(=O)COc3ccccc3NC(C)=O)c2C)cc1. The number of hydrogen-bond acceptors (Lipinski definition) is 4. The van der Waals surface area contributed by atoms with Crippen molar-refractivity contribution in [3.05, 3.63) is 71.5 Å². The van der Waals surface area contributed by atoms with Crippen molar-refractivity contribution in [3.63, 3.8) is 0 Å². The third kappa shape index (κ3) is 4.71. The van der Waals surface area contributed by atoms with E-state index in [1.54, 1.807) is 24.3 Å². The Morgan fingerprint density at radius 1 is 1.00 bits per heavy atom. The number of nitrogens with one attached hydrogen (secondary N) is 1. The Hall–Kier alpha value is -3.54. The summed E-state index contributed by atoms with van der Waals surface area (Å²) >= 11 is 0. The van der Waals surface area contributed by atoms with Crippen molar-refractivity contribution >= 4 is 17.4 Å². The van der Waals surface area contributed by atoms with E-state index in [0.29, 0.717) is 23.6 Å². The van der Waals surface area contributed by atoms with Crippen molar-refractivity contribution in [1.29, 1.82) is 0 Å². The average molecular weight is 406 g/mol. The number of anilines is 1. The molecule has 0 bridgehead atoms. The van der Waals surface area contributed by atoms with Gasteiger partial charge in [-0.05, 0) is 63.2 Å². The van der Waals surface area contributed by atoms with Gasteiger partial charge in [-0.3, -0.25) is 9.59 Å². The largest absolute Gasteiger partial charge is 0.494 e. The number of para-hydroxylation sites is 2. The summed E-state index contributed by atoms with van der Waals surface area (Å²) in [7, 11) is 0. The van der Waals surface area contributed by atoms with Crippen LogP contribution in [0.5, 0.6) is 11.5 Å². The monoisotopic (exact) mass is 406 g/mol. The molecule has 6 heteroatoms. The molecule has 0 saturated heterocycles. The van der Waals surface area contributed by atoms with Gasteiger partial charge >= 0.3 is 0 Å². The molecule has 0 atom stereocenters. The van der Waals surface area contributed by atoms with Gasteiger partial charge in [-0.15, -0.1) is 0 Å². The first-order valence-corrected chi connectivity index (χ1v) is 9.85. The predicted octanol–water partition coefficient (Wildman–Crippen LogP) is 4.71. The van der Waals surface area contributed by atoms with Gasteiger partial charge in [-0.25, -0.2) is 0 Å². The highest BCUT2D eigenvalue weighted by Crippen LogP contribution is 2.26. The maximum atomic E-state index is 12.9. The van der Waals surface area contributed by atoms with E-state index in [2.05, 4.69) is 5.32 Å². The molecule has 1 heterocycles. The number of amides is 1. The molecule has 0 radical (unpaired) electrons. The van der Waals surface area contributed by atoms with E-state index in [4.69, 9.17) is 9.47 Å². The predicted molar refractivity (Wildman–Crippen MR) is 117 cm³/mol. The minimum Gasteiger partial charge on any atom is -0.494 e. The summed E-state index contributed by atoms with van der Waals surface area (Å²) < 4.78 is 13.3. The van der Waals surface area contributed by atoms with Crippen LogP contribution in [0.1, 0.15) is 35.6 Å². The Morgan fingerprint density at radius 3 is 2.37 bits per heavy atom. The first-order chi connectivity index (χ1) is 14.4. The molecule has 156 valence electrons. The van der Waals surface area contributed by atoms with Crippen molar-refractivity contribution in [2.45, 2.75) is 27.7 Å². The summed E-state index contributed by atoms with van der Waals surface area (Å²) in [6.45, 7) is 7.75. The maximum absolute atomic E-state index is 12.9. The number of ketones is 1. The Balaban J connectivity index is 1.78. The summed E-state index contributed by atoms with van der Waals surface area (Å²) in [6, 6.07) is 16.7. The number of aromatic nitrogens is 1. The van der Waals surface area contributed by atoms with Crippen molar-refractivity contribution in [2.24, 2.45) is 0 Å². The average Bonchev–Trinajstić information content (AvgIpc) is 3.02. The van der Waals surface area contributed by atoms with Crippen LogP contribution in [-0.2, 0) is 4.79 Å². The molecule has 1 amide bonds. The van der Waals surface area contributed by atoms with Gasteiger partial charge < -0.3 is 19.4 Å². The van der Waals surface area contributed by atoms with Crippen LogP contribution in [0.25, 0.3) is 5.69 Å². The lowest BCUT2D eigenvalue weighted by Gasteiger charge is -2.12. The van der Waals surface area contributed by atoms with Gasteiger partial charge in [0.2, 0.25) is 11.7 Å². The fourth-order valence-electron chi connectivity index (χ4n) is 3.41. The van der Waals surface area contributed by atoms with Crippen LogP contribution in [0.15, 0.2) is 54.6 Å². The van der Waals surface area contributed by atoms with Gasteiger partial charge in [-0.2, -0.15) is 0 Å². The second kappa shape index (κ2) is 9.31. The molecule has 1 aromatic heterocycles. The van der Waals surface area contributed by atoms with Gasteiger partial charge in [0, 0.05) is 29.6 Å². The van der Waals surface area contributed by atoms with Crippen LogP contribution in [0.2, 0.25) is 0 Å². The molecular formula is C24H26N2O4. The third-order valence-corrected chi connectivity index (χ3v) is 4.69. The molecule has 3 aromatic rings. The van der Waals surface area contributed by atoms with E-state index in [1.807, 2.05) is 55.7 Å². The molecule has 0 aliphatic rings. The van der Waals surface area contributed by atoms with Crippen molar-refractivity contribution in [3.8, 4) is 17.2 Å². The number of carbonyl (C=O) groups is 2. The zero-order valence-corrected chi connectivity index (χ0v) is 17.7. The summed E-state index contributed by atoms with van der Waals surface area (Å²) in [5.74, 6) is 0.946. The molecule has 30 heavy (non-hydrogen) atoms. The molecule has 0 unspecified atom stereocenters. The molecule has 0 aliphatic carbocycles. The minimum absolute atomic E-state index is 0.121. The van der Waals surface area contributed by atoms with E-state index in [0.717, 1.165) is 22.8 Å². The molecule has 3 rings (SSSR count). The van der Waals surface area contributed by atoms with Crippen LogP contribution < -0.4 is 14.8 Å². The first kappa shape index (κ1) is 21.2. The molecule has 0 saturated carbocycles. The van der Waals surface area contributed by atoms with Crippen LogP contribution in [-0.4, -0.2) is 29.5 Å². The fraction of sp³-hybridized carbons (Fsp3) is 0.250. The third-order valence-electron chi connectivity index (χ3n) is 4.69. The first-order valence-electron chi connectivity index (χ1n) is 9.85. The number of Topliss-reactive ketones (excluding diaryl/α,β-unsaturated/α-hetero) is 1. The molecular weight excluding hydrogens is 380 g/mol. The maximum Gasteiger partial charge on any atom is 0.221 e. The standard InChI is InChI=1S/C24H26N2O4/c1-5-29-20-12-10-19(11-13-20)26-16(2)14-21(17(26)3)23(28)15-30-24-9-7-6-8-22(24)25-18(4)27/h6-14H,5,15H2,1-4H3,(H,25,27). The number of rotatable bonds is 8.